The Morgan fingerprint density at radius 2 is 2.06 bits per heavy atom. The molecule has 0 bridgehead atoms. The van der Waals surface area contributed by atoms with Gasteiger partial charge in [0.1, 0.15) is 11.6 Å². The molecule has 4 nitrogen and oxygen atoms in total. The van der Waals surface area contributed by atoms with Crippen LogP contribution in [0.1, 0.15) is 34.1 Å². The molecule has 1 heterocycles. The highest BCUT2D eigenvalue weighted by Crippen LogP contribution is 2.19. The molecule has 17 heavy (non-hydrogen) atoms. The van der Waals surface area contributed by atoms with Crippen LogP contribution in [0.5, 0.6) is 0 Å². The molecule has 0 aliphatic carbocycles. The van der Waals surface area contributed by atoms with Crippen LogP contribution < -0.4 is 5.32 Å². The third-order valence-electron chi connectivity index (χ3n) is 3.26. The van der Waals surface area contributed by atoms with Crippen LogP contribution >= 0.6 is 11.8 Å². The minimum absolute atomic E-state index is 0.0119. The van der Waals surface area contributed by atoms with Crippen LogP contribution in [-0.2, 0) is 9.59 Å². The lowest BCUT2D eigenvalue weighted by atomic mass is 9.97. The molecule has 0 saturated carbocycles. The van der Waals surface area contributed by atoms with E-state index in [9.17, 15) is 9.59 Å². The minimum Gasteiger partial charge on any atom is -0.340 e. The Balaban J connectivity index is 2.73. The molecule has 0 aromatic heterocycles. The van der Waals surface area contributed by atoms with Crippen LogP contribution in [0.2, 0.25) is 0 Å². The highest BCUT2D eigenvalue weighted by molar-refractivity contribution is 7.99. The number of hydrogen-bond acceptors (Lipinski definition) is 3. The lowest BCUT2D eigenvalue weighted by Gasteiger charge is -2.41. The number of piperazine rings is 1. The summed E-state index contributed by atoms with van der Waals surface area (Å²) in [5, 5.41) is 3.25. The fourth-order valence-electron chi connectivity index (χ4n) is 1.88. The molecule has 1 aliphatic rings. The van der Waals surface area contributed by atoms with Gasteiger partial charge in [-0.25, -0.2) is 0 Å². The van der Waals surface area contributed by atoms with Crippen molar-refractivity contribution in [3.8, 4) is 0 Å². The molecular formula is C12H22N2O2S. The number of nitrogens with zero attached hydrogens (tertiary/aromatic N) is 1. The van der Waals surface area contributed by atoms with E-state index in [2.05, 4.69) is 18.5 Å². The third-order valence-corrected chi connectivity index (χ3v) is 4.30. The molecule has 98 valence electrons. The zero-order valence-electron chi connectivity index (χ0n) is 11.2. The third kappa shape index (κ3) is 3.15. The molecule has 5 heteroatoms. The number of nitrogens with one attached hydrogen (secondary N) is 1. The first-order chi connectivity index (χ1) is 7.79. The van der Waals surface area contributed by atoms with E-state index in [0.717, 1.165) is 6.42 Å². The van der Waals surface area contributed by atoms with Gasteiger partial charge in [0.2, 0.25) is 11.8 Å². The fourth-order valence-corrected chi connectivity index (χ4v) is 2.22. The molecule has 2 unspecified atom stereocenters. The maximum absolute atomic E-state index is 12.2. The number of thioether (sulfide) groups is 1. The Hall–Kier alpha value is -0.710. The monoisotopic (exact) mass is 258 g/mol. The molecule has 0 radical (unpaired) electrons. The minimum atomic E-state index is -0.772. The van der Waals surface area contributed by atoms with E-state index in [-0.39, 0.29) is 17.9 Å². The number of carbonyl (C=O) groups excluding carboxylic acids is 2. The fraction of sp³-hybridized carbons (Fsp3) is 0.833. The van der Waals surface area contributed by atoms with Gasteiger partial charge >= 0.3 is 0 Å². The topological polar surface area (TPSA) is 49.4 Å². The van der Waals surface area contributed by atoms with Gasteiger partial charge in [0.25, 0.3) is 0 Å². The van der Waals surface area contributed by atoms with E-state index in [1.165, 1.54) is 0 Å². The average molecular weight is 258 g/mol. The smallest absolute Gasteiger partial charge is 0.248 e. The molecule has 0 spiro atoms. The van der Waals surface area contributed by atoms with Crippen LogP contribution in [-0.4, -0.2) is 46.3 Å². The molecule has 1 N–H and O–H groups in total. The summed E-state index contributed by atoms with van der Waals surface area (Å²) in [7, 11) is 0. The first-order valence-corrected chi connectivity index (χ1v) is 7.24. The molecule has 1 fully saturated rings. The van der Waals surface area contributed by atoms with Crippen LogP contribution in [0.3, 0.4) is 0 Å². The van der Waals surface area contributed by atoms with Crippen LogP contribution in [0.25, 0.3) is 0 Å². The first kappa shape index (κ1) is 14.4. The zero-order chi connectivity index (χ0) is 13.2. The van der Waals surface area contributed by atoms with Gasteiger partial charge < -0.3 is 10.2 Å². The highest BCUT2D eigenvalue weighted by Gasteiger charge is 2.42. The number of carbonyl (C=O) groups is 2. The van der Waals surface area contributed by atoms with Crippen LogP contribution in [0.15, 0.2) is 0 Å². The second-order valence-electron chi connectivity index (χ2n) is 5.12. The summed E-state index contributed by atoms with van der Waals surface area (Å²) in [6.45, 7) is 8.08. The lowest BCUT2D eigenvalue weighted by molar-refractivity contribution is -0.152. The summed E-state index contributed by atoms with van der Waals surface area (Å²) >= 11 is 1.78. The van der Waals surface area contributed by atoms with E-state index in [0.29, 0.717) is 11.8 Å². The molecular weight excluding hydrogens is 236 g/mol. The average Bonchev–Trinajstić information content (AvgIpc) is 2.25. The van der Waals surface area contributed by atoms with Crippen molar-refractivity contribution in [3.63, 3.8) is 0 Å². The van der Waals surface area contributed by atoms with Gasteiger partial charge in [-0.1, -0.05) is 6.92 Å². The Morgan fingerprint density at radius 1 is 1.47 bits per heavy atom. The van der Waals surface area contributed by atoms with Gasteiger partial charge in [0, 0.05) is 11.8 Å². The van der Waals surface area contributed by atoms with Gasteiger partial charge in [0.05, 0.1) is 0 Å². The highest BCUT2D eigenvalue weighted by atomic mass is 32.2. The summed E-state index contributed by atoms with van der Waals surface area (Å²) in [6, 6.07) is -0.357. The van der Waals surface area contributed by atoms with Gasteiger partial charge in [-0.2, -0.15) is 11.8 Å². The first-order valence-electron chi connectivity index (χ1n) is 5.95. The Kier molecular flexibility index (Phi) is 4.47. The predicted octanol–water partition coefficient (Wildman–Crippen LogP) is 1.25. The van der Waals surface area contributed by atoms with E-state index < -0.39 is 5.54 Å². The predicted molar refractivity (Wildman–Crippen MR) is 71.0 cm³/mol. The molecule has 1 rings (SSSR count). The summed E-state index contributed by atoms with van der Waals surface area (Å²) in [5.41, 5.74) is -0.772. The van der Waals surface area contributed by atoms with E-state index in [1.54, 1.807) is 37.4 Å². The van der Waals surface area contributed by atoms with Crippen molar-refractivity contribution in [1.82, 2.24) is 10.2 Å². The van der Waals surface area contributed by atoms with E-state index in [4.69, 9.17) is 0 Å². The molecule has 1 aliphatic heterocycles. The second kappa shape index (κ2) is 5.29. The number of rotatable bonds is 4. The van der Waals surface area contributed by atoms with E-state index >= 15 is 0 Å². The van der Waals surface area contributed by atoms with Gasteiger partial charge in [-0.15, -0.1) is 0 Å². The molecule has 2 amide bonds. The summed E-state index contributed by atoms with van der Waals surface area (Å²) in [5.74, 6) is -0.0516. The maximum Gasteiger partial charge on any atom is 0.248 e. The Morgan fingerprint density at radius 3 is 2.59 bits per heavy atom. The van der Waals surface area contributed by atoms with Gasteiger partial charge in [-0.05, 0) is 33.4 Å². The summed E-state index contributed by atoms with van der Waals surface area (Å²) in [4.78, 5) is 25.7. The summed E-state index contributed by atoms with van der Waals surface area (Å²) < 4.78 is 0. The lowest BCUT2D eigenvalue weighted by Crippen LogP contribution is -2.67. The van der Waals surface area contributed by atoms with Crippen molar-refractivity contribution in [2.45, 2.75) is 50.9 Å². The van der Waals surface area contributed by atoms with Crippen molar-refractivity contribution in [2.75, 3.05) is 12.8 Å². The van der Waals surface area contributed by atoms with E-state index in [1.807, 2.05) is 0 Å². The Bertz CT molecular complexity index is 318. The van der Waals surface area contributed by atoms with Gasteiger partial charge in [-0.3, -0.25) is 9.59 Å². The SMILES string of the molecule is CSC(C)CCN1C(=O)C(C)(C)NC(=O)C1C. The number of hydrogen-bond donors (Lipinski definition) is 1. The molecule has 2 atom stereocenters. The second-order valence-corrected chi connectivity index (χ2v) is 6.40. The quantitative estimate of drug-likeness (QED) is 0.826. The Labute approximate surface area is 108 Å². The molecule has 0 aromatic carbocycles. The maximum atomic E-state index is 12.2. The van der Waals surface area contributed by atoms with Crippen molar-refractivity contribution in [1.29, 1.82) is 0 Å². The normalized spacial score (nSPS) is 25.7. The van der Waals surface area contributed by atoms with Crippen molar-refractivity contribution in [2.24, 2.45) is 0 Å². The largest absolute Gasteiger partial charge is 0.340 e. The van der Waals surface area contributed by atoms with Crippen molar-refractivity contribution in [3.05, 3.63) is 0 Å². The van der Waals surface area contributed by atoms with Crippen molar-refractivity contribution < 1.29 is 9.59 Å². The van der Waals surface area contributed by atoms with Crippen LogP contribution in [0.4, 0.5) is 0 Å². The molecule has 0 aromatic rings. The molecule has 1 saturated heterocycles. The van der Waals surface area contributed by atoms with Gasteiger partial charge in [0.15, 0.2) is 0 Å². The standard InChI is InChI=1S/C12H22N2O2S/c1-8(17-5)6-7-14-9(2)10(15)13-12(3,4)11(14)16/h8-9H,6-7H2,1-5H3,(H,13,15). The number of amides is 2. The van der Waals surface area contributed by atoms with Crippen LogP contribution in [0, 0.1) is 0 Å². The summed E-state index contributed by atoms with van der Waals surface area (Å²) in [6.07, 6.45) is 2.98. The van der Waals surface area contributed by atoms with Crippen molar-refractivity contribution >= 4 is 23.6 Å². The zero-order valence-corrected chi connectivity index (χ0v) is 12.1.